The zero-order chi connectivity index (χ0) is 19.4. The van der Waals surface area contributed by atoms with Gasteiger partial charge in [-0.2, -0.15) is 0 Å². The van der Waals surface area contributed by atoms with Crippen molar-refractivity contribution in [1.29, 1.82) is 0 Å². The van der Waals surface area contributed by atoms with E-state index in [0.717, 1.165) is 0 Å². The van der Waals surface area contributed by atoms with Crippen LogP contribution in [0.15, 0.2) is 12.1 Å². The number of amides is 2. The molecule has 2 fully saturated rings. The summed E-state index contributed by atoms with van der Waals surface area (Å²) in [6.45, 7) is 5.24. The fourth-order valence-electron chi connectivity index (χ4n) is 3.29. The van der Waals surface area contributed by atoms with Crippen LogP contribution in [0.5, 0.6) is 5.75 Å². The topological polar surface area (TPSA) is 88.3 Å². The van der Waals surface area contributed by atoms with Crippen molar-refractivity contribution in [2.75, 3.05) is 71.9 Å². The number of hydrogen-bond donors (Lipinski definition) is 1. The van der Waals surface area contributed by atoms with Gasteiger partial charge in [0.25, 0.3) is 5.91 Å². The van der Waals surface area contributed by atoms with Crippen molar-refractivity contribution in [2.45, 2.75) is 0 Å². The van der Waals surface area contributed by atoms with Gasteiger partial charge in [0.1, 0.15) is 5.75 Å². The Morgan fingerprint density at radius 1 is 1.07 bits per heavy atom. The van der Waals surface area contributed by atoms with Crippen LogP contribution in [-0.2, 0) is 9.53 Å². The molecule has 8 nitrogen and oxygen atoms in total. The van der Waals surface area contributed by atoms with Crippen LogP contribution in [0, 0.1) is 0 Å². The zero-order valence-electron chi connectivity index (χ0n) is 16.3. The van der Waals surface area contributed by atoms with Crippen LogP contribution in [0.4, 0.5) is 5.69 Å². The molecule has 0 aliphatic carbocycles. The third kappa shape index (κ3) is 6.26. The van der Waals surface area contributed by atoms with Gasteiger partial charge in [-0.15, -0.1) is 24.8 Å². The van der Waals surface area contributed by atoms with E-state index in [1.54, 1.807) is 17.0 Å². The van der Waals surface area contributed by atoms with Crippen molar-refractivity contribution < 1.29 is 19.1 Å². The number of rotatable bonds is 4. The minimum absolute atomic E-state index is 0. The smallest absolute Gasteiger partial charge is 0.257 e. The monoisotopic (exact) mass is 468 g/mol. The lowest BCUT2D eigenvalue weighted by molar-refractivity contribution is -0.136. The van der Waals surface area contributed by atoms with Crippen LogP contribution >= 0.6 is 36.4 Å². The van der Waals surface area contributed by atoms with Crippen molar-refractivity contribution >= 4 is 53.9 Å². The van der Waals surface area contributed by atoms with E-state index in [9.17, 15) is 9.59 Å². The summed E-state index contributed by atoms with van der Waals surface area (Å²) in [5.74, 6) is 0.379. The highest BCUT2D eigenvalue weighted by Gasteiger charge is 2.27. The summed E-state index contributed by atoms with van der Waals surface area (Å²) in [7, 11) is 1.49. The largest absolute Gasteiger partial charge is 0.496 e. The molecule has 2 saturated heterocycles. The molecule has 3 rings (SSSR count). The Hall–Kier alpha value is -1.45. The van der Waals surface area contributed by atoms with Gasteiger partial charge in [0.15, 0.2) is 0 Å². The Bertz CT molecular complexity index is 709. The van der Waals surface area contributed by atoms with Crippen molar-refractivity contribution in [2.24, 2.45) is 0 Å². The van der Waals surface area contributed by atoms with E-state index in [2.05, 4.69) is 4.90 Å². The highest BCUT2D eigenvalue weighted by atomic mass is 35.5. The van der Waals surface area contributed by atoms with Gasteiger partial charge in [-0.1, -0.05) is 11.6 Å². The summed E-state index contributed by atoms with van der Waals surface area (Å²) in [4.78, 5) is 30.9. The Balaban J connectivity index is 0.00000210. The average molecular weight is 470 g/mol. The molecule has 0 bridgehead atoms. The molecule has 2 amide bonds. The van der Waals surface area contributed by atoms with Crippen LogP contribution in [0.2, 0.25) is 5.02 Å². The van der Waals surface area contributed by atoms with Gasteiger partial charge < -0.3 is 25.0 Å². The van der Waals surface area contributed by atoms with Crippen LogP contribution in [-0.4, -0.2) is 92.7 Å². The number of carbonyl (C=O) groups excluding carboxylic acids is 2. The maximum Gasteiger partial charge on any atom is 0.257 e. The maximum atomic E-state index is 12.9. The SMILES string of the molecule is COc1cc(N)c(Cl)cc1C(=O)N1CCN(CC(=O)N2CCOCC2)CC1.Cl.Cl. The summed E-state index contributed by atoms with van der Waals surface area (Å²) in [6.07, 6.45) is 0. The summed E-state index contributed by atoms with van der Waals surface area (Å²) < 4.78 is 10.6. The Morgan fingerprint density at radius 2 is 1.69 bits per heavy atom. The Morgan fingerprint density at radius 3 is 2.28 bits per heavy atom. The van der Waals surface area contributed by atoms with Crippen LogP contribution in [0.1, 0.15) is 10.4 Å². The van der Waals surface area contributed by atoms with Gasteiger partial charge >= 0.3 is 0 Å². The van der Waals surface area contributed by atoms with E-state index in [4.69, 9.17) is 26.8 Å². The number of piperazine rings is 1. The summed E-state index contributed by atoms with van der Waals surface area (Å²) in [6, 6.07) is 3.11. The molecule has 11 heteroatoms. The molecule has 2 N–H and O–H groups in total. The van der Waals surface area contributed by atoms with Gasteiger partial charge in [-0.25, -0.2) is 0 Å². The molecular weight excluding hydrogens is 443 g/mol. The minimum atomic E-state index is -0.145. The summed E-state index contributed by atoms with van der Waals surface area (Å²) in [5.41, 5.74) is 6.55. The van der Waals surface area contributed by atoms with Crippen LogP contribution in [0.25, 0.3) is 0 Å². The first-order valence-corrected chi connectivity index (χ1v) is 9.37. The second-order valence-electron chi connectivity index (χ2n) is 6.64. The fourth-order valence-corrected chi connectivity index (χ4v) is 3.45. The second-order valence-corrected chi connectivity index (χ2v) is 7.04. The predicted molar refractivity (Wildman–Crippen MR) is 117 cm³/mol. The number of nitrogens with zero attached hydrogens (tertiary/aromatic N) is 3. The number of nitrogen functional groups attached to an aromatic ring is 1. The molecule has 0 atom stereocenters. The van der Waals surface area contributed by atoms with Crippen molar-refractivity contribution in [3.05, 3.63) is 22.7 Å². The average Bonchev–Trinajstić information content (AvgIpc) is 2.70. The number of methoxy groups -OCH3 is 1. The number of hydrogen-bond acceptors (Lipinski definition) is 6. The van der Waals surface area contributed by atoms with E-state index in [1.807, 2.05) is 4.90 Å². The molecule has 29 heavy (non-hydrogen) atoms. The van der Waals surface area contributed by atoms with Gasteiger partial charge in [0.05, 0.1) is 43.1 Å². The Kier molecular flexibility index (Phi) is 10.3. The van der Waals surface area contributed by atoms with E-state index in [1.165, 1.54) is 7.11 Å². The van der Waals surface area contributed by atoms with E-state index < -0.39 is 0 Å². The third-order valence-electron chi connectivity index (χ3n) is 4.93. The van der Waals surface area contributed by atoms with E-state index in [0.29, 0.717) is 81.1 Å². The molecule has 164 valence electrons. The summed E-state index contributed by atoms with van der Waals surface area (Å²) in [5, 5.41) is 0.328. The number of anilines is 1. The van der Waals surface area contributed by atoms with Gasteiger partial charge in [0, 0.05) is 45.3 Å². The highest BCUT2D eigenvalue weighted by Crippen LogP contribution is 2.30. The van der Waals surface area contributed by atoms with Crippen LogP contribution in [0.3, 0.4) is 0 Å². The number of benzene rings is 1. The van der Waals surface area contributed by atoms with Gasteiger partial charge in [-0.3, -0.25) is 14.5 Å². The molecular formula is C18H27Cl3N4O4. The standard InChI is InChI=1S/C18H25ClN4O4.2ClH/c1-26-16-11-15(20)14(19)10-13(16)18(25)23-4-2-21(3-5-23)12-17(24)22-6-8-27-9-7-22;;/h10-11H,2-9,12,20H2,1H3;2*1H. The molecule has 0 aromatic heterocycles. The lowest BCUT2D eigenvalue weighted by Crippen LogP contribution is -2.52. The first kappa shape index (κ1) is 25.6. The Labute approximate surface area is 188 Å². The number of carbonyl (C=O) groups is 2. The van der Waals surface area contributed by atoms with Gasteiger partial charge in [0.2, 0.25) is 5.91 Å². The highest BCUT2D eigenvalue weighted by molar-refractivity contribution is 6.33. The predicted octanol–water partition coefficient (Wildman–Crippen LogP) is 1.39. The summed E-state index contributed by atoms with van der Waals surface area (Å²) >= 11 is 6.07. The second kappa shape index (κ2) is 11.7. The molecule has 1 aromatic carbocycles. The fraction of sp³-hybridized carbons (Fsp3) is 0.556. The number of nitrogens with two attached hydrogens (primary N) is 1. The number of halogens is 3. The lowest BCUT2D eigenvalue weighted by atomic mass is 10.1. The first-order chi connectivity index (χ1) is 13.0. The van der Waals surface area contributed by atoms with Gasteiger partial charge in [-0.05, 0) is 6.07 Å². The third-order valence-corrected chi connectivity index (χ3v) is 5.26. The van der Waals surface area contributed by atoms with Crippen molar-refractivity contribution in [3.8, 4) is 5.75 Å². The van der Waals surface area contributed by atoms with E-state index in [-0.39, 0.29) is 36.6 Å². The lowest BCUT2D eigenvalue weighted by Gasteiger charge is -2.36. The molecule has 2 aliphatic rings. The molecule has 0 unspecified atom stereocenters. The number of ether oxygens (including phenoxy) is 2. The normalized spacial score (nSPS) is 17.2. The maximum absolute atomic E-state index is 12.9. The van der Waals surface area contributed by atoms with Crippen LogP contribution < -0.4 is 10.5 Å². The molecule has 0 radical (unpaired) electrons. The van der Waals surface area contributed by atoms with E-state index >= 15 is 0 Å². The molecule has 0 spiro atoms. The molecule has 0 saturated carbocycles. The quantitative estimate of drug-likeness (QED) is 0.671. The molecule has 1 aromatic rings. The zero-order valence-corrected chi connectivity index (χ0v) is 18.7. The number of morpholine rings is 1. The molecule has 2 aliphatic heterocycles. The molecule has 2 heterocycles. The van der Waals surface area contributed by atoms with Crippen molar-refractivity contribution in [1.82, 2.24) is 14.7 Å². The first-order valence-electron chi connectivity index (χ1n) is 8.99. The minimum Gasteiger partial charge on any atom is -0.496 e. The van der Waals surface area contributed by atoms with Crippen molar-refractivity contribution in [3.63, 3.8) is 0 Å².